The van der Waals surface area contributed by atoms with Crippen LogP contribution in [0.15, 0.2) is 97.1 Å². The van der Waals surface area contributed by atoms with Gasteiger partial charge in [0.15, 0.2) is 0 Å². The van der Waals surface area contributed by atoms with E-state index < -0.39 is 60.8 Å². The normalized spacial score (nSPS) is 13.7. The molecule has 0 saturated heterocycles. The second-order valence-corrected chi connectivity index (χ2v) is 9.69. The third-order valence-electron chi connectivity index (χ3n) is 6.35. The summed E-state index contributed by atoms with van der Waals surface area (Å²) in [6, 6.07) is 16.8. The summed E-state index contributed by atoms with van der Waals surface area (Å²) >= 11 is 0. The average molecular weight is 664 g/mol. The molecule has 15 heteroatoms. The van der Waals surface area contributed by atoms with Crippen molar-refractivity contribution in [3.05, 3.63) is 119 Å². The van der Waals surface area contributed by atoms with Gasteiger partial charge in [0.05, 0.1) is 24.3 Å². The molecular formula is C31H23F10NO4. The van der Waals surface area contributed by atoms with Gasteiger partial charge in [-0.2, -0.15) is 30.7 Å². The zero-order chi connectivity index (χ0) is 33.7. The quantitative estimate of drug-likeness (QED) is 0.148. The summed E-state index contributed by atoms with van der Waals surface area (Å²) in [5.41, 5.74) is -0.544. The van der Waals surface area contributed by atoms with Crippen molar-refractivity contribution in [3.8, 4) is 23.0 Å². The Morgan fingerprint density at radius 1 is 0.609 bits per heavy atom. The standard InChI is InChI=1S/C31H23F10NO4/c32-28(33)30(37,38)45-25-9-3-6-20(16-25)27(42-26(17-43)18-4-1-7-21(14-18)29(34,35)36)19-5-2-8-24(15-19)44-22-10-12-23(13-11-22)46-31(39,40)41/h1-16,26-28,42-43H,17H2. The van der Waals surface area contributed by atoms with E-state index in [1.165, 1.54) is 54.6 Å². The van der Waals surface area contributed by atoms with Crippen LogP contribution in [0.5, 0.6) is 23.0 Å². The van der Waals surface area contributed by atoms with Crippen LogP contribution in [0.4, 0.5) is 43.9 Å². The molecule has 0 bridgehead atoms. The van der Waals surface area contributed by atoms with Crippen LogP contribution in [0.25, 0.3) is 0 Å². The van der Waals surface area contributed by atoms with Crippen molar-refractivity contribution in [1.29, 1.82) is 0 Å². The van der Waals surface area contributed by atoms with E-state index in [9.17, 15) is 49.0 Å². The van der Waals surface area contributed by atoms with E-state index in [1.807, 2.05) is 0 Å². The van der Waals surface area contributed by atoms with Crippen LogP contribution in [0.2, 0.25) is 0 Å². The van der Waals surface area contributed by atoms with Gasteiger partial charge in [-0.25, -0.2) is 0 Å². The first-order chi connectivity index (χ1) is 21.5. The Morgan fingerprint density at radius 3 is 1.72 bits per heavy atom. The van der Waals surface area contributed by atoms with Crippen molar-refractivity contribution in [2.45, 2.75) is 37.2 Å². The van der Waals surface area contributed by atoms with Crippen molar-refractivity contribution >= 4 is 0 Å². The molecule has 46 heavy (non-hydrogen) atoms. The molecule has 4 aromatic rings. The van der Waals surface area contributed by atoms with Crippen molar-refractivity contribution in [3.63, 3.8) is 0 Å². The van der Waals surface area contributed by atoms with Crippen LogP contribution in [0.3, 0.4) is 0 Å². The van der Waals surface area contributed by atoms with Gasteiger partial charge in [0.2, 0.25) is 0 Å². The Labute approximate surface area is 254 Å². The molecule has 2 unspecified atom stereocenters. The van der Waals surface area contributed by atoms with E-state index >= 15 is 0 Å². The number of aliphatic hydroxyl groups is 1. The lowest BCUT2D eigenvalue weighted by Crippen LogP contribution is -2.33. The van der Waals surface area contributed by atoms with Gasteiger partial charge in [-0.3, -0.25) is 5.32 Å². The third kappa shape index (κ3) is 9.26. The molecule has 4 rings (SSSR count). The largest absolute Gasteiger partial charge is 0.573 e. The van der Waals surface area contributed by atoms with Gasteiger partial charge in [0, 0.05) is 0 Å². The highest BCUT2D eigenvalue weighted by Crippen LogP contribution is 2.36. The van der Waals surface area contributed by atoms with E-state index in [2.05, 4.69) is 14.8 Å². The maximum absolute atomic E-state index is 13.7. The number of rotatable bonds is 12. The Morgan fingerprint density at radius 2 is 1.15 bits per heavy atom. The van der Waals surface area contributed by atoms with Crippen molar-refractivity contribution in [2.75, 3.05) is 6.61 Å². The molecule has 2 N–H and O–H groups in total. The van der Waals surface area contributed by atoms with Crippen LogP contribution in [0.1, 0.15) is 34.3 Å². The number of aliphatic hydroxyl groups excluding tert-OH is 1. The second-order valence-electron chi connectivity index (χ2n) is 9.69. The summed E-state index contributed by atoms with van der Waals surface area (Å²) in [6.45, 7) is -0.722. The fourth-order valence-corrected chi connectivity index (χ4v) is 4.33. The molecule has 4 aromatic carbocycles. The maximum Gasteiger partial charge on any atom is 0.573 e. The van der Waals surface area contributed by atoms with Crippen LogP contribution in [-0.2, 0) is 6.18 Å². The monoisotopic (exact) mass is 663 g/mol. The Hall–Kier alpha value is -4.50. The molecule has 0 heterocycles. The Balaban J connectivity index is 1.70. The summed E-state index contributed by atoms with van der Waals surface area (Å²) in [7, 11) is 0. The first kappa shape index (κ1) is 34.4. The molecule has 246 valence electrons. The summed E-state index contributed by atoms with van der Waals surface area (Å²) < 4.78 is 144. The van der Waals surface area contributed by atoms with E-state index in [1.54, 1.807) is 0 Å². The molecule has 2 atom stereocenters. The number of ether oxygens (including phenoxy) is 3. The fraction of sp³-hybridized carbons (Fsp3) is 0.226. The van der Waals surface area contributed by atoms with Crippen molar-refractivity contribution in [2.24, 2.45) is 0 Å². The summed E-state index contributed by atoms with van der Waals surface area (Å²) in [5.74, 6) is -0.923. The van der Waals surface area contributed by atoms with Crippen LogP contribution in [0, 0.1) is 0 Å². The van der Waals surface area contributed by atoms with Gasteiger partial charge in [0.25, 0.3) is 0 Å². The third-order valence-corrected chi connectivity index (χ3v) is 6.35. The highest BCUT2D eigenvalue weighted by atomic mass is 19.4. The van der Waals surface area contributed by atoms with Gasteiger partial charge in [0.1, 0.15) is 23.0 Å². The molecule has 0 fully saturated rings. The lowest BCUT2D eigenvalue weighted by Gasteiger charge is -2.27. The van der Waals surface area contributed by atoms with Gasteiger partial charge in [-0.1, -0.05) is 36.4 Å². The van der Waals surface area contributed by atoms with Crippen LogP contribution >= 0.6 is 0 Å². The van der Waals surface area contributed by atoms with Crippen LogP contribution in [-0.4, -0.2) is 30.6 Å². The molecule has 0 amide bonds. The lowest BCUT2D eigenvalue weighted by atomic mass is 9.95. The van der Waals surface area contributed by atoms with E-state index in [-0.39, 0.29) is 22.6 Å². The molecule has 0 saturated carbocycles. The highest BCUT2D eigenvalue weighted by molar-refractivity contribution is 5.42. The number of alkyl halides is 10. The lowest BCUT2D eigenvalue weighted by molar-refractivity contribution is -0.274. The minimum atomic E-state index is -4.91. The number of hydrogen-bond acceptors (Lipinski definition) is 5. The van der Waals surface area contributed by atoms with E-state index in [0.717, 1.165) is 42.5 Å². The SMILES string of the molecule is OCC(NC(c1cccc(Oc2ccc(OC(F)(F)F)cc2)c1)c1cccc(OC(F)(F)C(F)F)c1)c1cccc(C(F)(F)F)c1. The molecule has 0 aliphatic heterocycles. The summed E-state index contributed by atoms with van der Waals surface area (Å²) in [6.07, 6.45) is -18.6. The minimum Gasteiger partial charge on any atom is -0.457 e. The van der Waals surface area contributed by atoms with Crippen molar-refractivity contribution < 1.29 is 63.2 Å². The Kier molecular flexibility index (Phi) is 10.4. The van der Waals surface area contributed by atoms with E-state index in [4.69, 9.17) is 4.74 Å². The molecule has 0 aliphatic carbocycles. The molecule has 0 radical (unpaired) electrons. The Bertz CT molecular complexity index is 1590. The summed E-state index contributed by atoms with van der Waals surface area (Å²) in [5, 5.41) is 13.1. The topological polar surface area (TPSA) is 60.0 Å². The average Bonchev–Trinajstić information content (AvgIpc) is 2.98. The predicted octanol–water partition coefficient (Wildman–Crippen LogP) is 9.05. The zero-order valence-electron chi connectivity index (χ0n) is 23.1. The molecule has 5 nitrogen and oxygen atoms in total. The molecule has 0 aromatic heterocycles. The predicted molar refractivity (Wildman–Crippen MR) is 144 cm³/mol. The van der Waals surface area contributed by atoms with Gasteiger partial charge >= 0.3 is 25.1 Å². The number of benzene rings is 4. The van der Waals surface area contributed by atoms with Crippen LogP contribution < -0.4 is 19.5 Å². The number of halogens is 10. The summed E-state index contributed by atoms with van der Waals surface area (Å²) in [4.78, 5) is 0. The van der Waals surface area contributed by atoms with Gasteiger partial charge in [-0.15, -0.1) is 13.2 Å². The van der Waals surface area contributed by atoms with Crippen molar-refractivity contribution in [1.82, 2.24) is 5.32 Å². The van der Waals surface area contributed by atoms with Gasteiger partial charge < -0.3 is 19.3 Å². The van der Waals surface area contributed by atoms with Gasteiger partial charge in [-0.05, 0) is 77.4 Å². The smallest absolute Gasteiger partial charge is 0.457 e. The minimum absolute atomic E-state index is 0.0209. The maximum atomic E-state index is 13.7. The molecular weight excluding hydrogens is 640 g/mol. The fourth-order valence-electron chi connectivity index (χ4n) is 4.33. The number of hydrogen-bond donors (Lipinski definition) is 2. The first-order valence-electron chi connectivity index (χ1n) is 13.2. The first-order valence-corrected chi connectivity index (χ1v) is 13.2. The number of nitrogens with one attached hydrogen (secondary N) is 1. The highest BCUT2D eigenvalue weighted by Gasteiger charge is 2.44. The molecule has 0 aliphatic rings. The second kappa shape index (κ2) is 13.9. The molecule has 0 spiro atoms. The zero-order valence-corrected chi connectivity index (χ0v) is 23.1. The van der Waals surface area contributed by atoms with E-state index in [0.29, 0.717) is 5.56 Å².